The van der Waals surface area contributed by atoms with Crippen LogP contribution in [-0.4, -0.2) is 42.9 Å². The van der Waals surface area contributed by atoms with Crippen molar-refractivity contribution in [2.45, 2.75) is 18.9 Å². The van der Waals surface area contributed by atoms with Gasteiger partial charge in [0.25, 0.3) is 0 Å². The number of nitrogens with one attached hydrogen (secondary N) is 1. The predicted molar refractivity (Wildman–Crippen MR) is 90.7 cm³/mol. The smallest absolute Gasteiger partial charge is 0.322 e. The average molecular weight is 383 g/mol. The van der Waals surface area contributed by atoms with Gasteiger partial charge in [-0.3, -0.25) is 4.79 Å². The van der Waals surface area contributed by atoms with Crippen LogP contribution in [0.25, 0.3) is 10.9 Å². The molecule has 124 valence electrons. The van der Waals surface area contributed by atoms with Crippen molar-refractivity contribution >= 4 is 32.8 Å². The van der Waals surface area contributed by atoms with Gasteiger partial charge in [-0.05, 0) is 59.6 Å². The highest BCUT2D eigenvalue weighted by atomic mass is 79.9. The number of pyridine rings is 1. The Morgan fingerprint density at radius 2 is 2.17 bits per heavy atom. The molecule has 1 unspecified atom stereocenters. The summed E-state index contributed by atoms with van der Waals surface area (Å²) in [6.07, 6.45) is 2.01. The highest BCUT2D eigenvalue weighted by molar-refractivity contribution is 9.10. The lowest BCUT2D eigenvalue weighted by atomic mass is 10.2. The van der Waals surface area contributed by atoms with Gasteiger partial charge < -0.3 is 19.9 Å². The van der Waals surface area contributed by atoms with Crippen LogP contribution in [0.2, 0.25) is 0 Å². The van der Waals surface area contributed by atoms with Gasteiger partial charge in [0.05, 0.1) is 19.7 Å². The third kappa shape index (κ3) is 4.56. The molecule has 1 atom stereocenters. The van der Waals surface area contributed by atoms with Gasteiger partial charge in [-0.15, -0.1) is 0 Å². The molecule has 6 nitrogen and oxygen atoms in total. The number of aromatic hydroxyl groups is 1. The minimum Gasteiger partial charge on any atom is -0.505 e. The Morgan fingerprint density at radius 1 is 1.39 bits per heavy atom. The summed E-state index contributed by atoms with van der Waals surface area (Å²) >= 11 is 3.16. The molecule has 7 heteroatoms. The fraction of sp³-hybridized carbons (Fsp3) is 0.375. The van der Waals surface area contributed by atoms with Gasteiger partial charge in [-0.25, -0.2) is 4.98 Å². The van der Waals surface area contributed by atoms with Crippen molar-refractivity contribution in [2.75, 3.05) is 20.8 Å². The number of halogens is 1. The standard InChI is InChI=1S/C10H8BrNO2.C6H11NO2/c1-14-7-2-3-8-6(4-7)5-9(13)10(11)12-8;1-9-6(8)5-3-2-4-7-5/h2-5,13H,1H3;5,7H,2-4H2,1H3. The van der Waals surface area contributed by atoms with Gasteiger partial charge in [-0.2, -0.15) is 0 Å². The van der Waals surface area contributed by atoms with E-state index >= 15 is 0 Å². The van der Waals surface area contributed by atoms with Gasteiger partial charge in [0, 0.05) is 5.39 Å². The van der Waals surface area contributed by atoms with Crippen LogP contribution in [0.1, 0.15) is 12.8 Å². The largest absolute Gasteiger partial charge is 0.505 e. The molecule has 2 heterocycles. The van der Waals surface area contributed by atoms with E-state index in [1.54, 1.807) is 13.2 Å². The first-order valence-corrected chi connectivity index (χ1v) is 7.99. The number of hydrogen-bond donors (Lipinski definition) is 2. The van der Waals surface area contributed by atoms with Crippen LogP contribution in [0.3, 0.4) is 0 Å². The number of benzene rings is 1. The number of rotatable bonds is 2. The maximum atomic E-state index is 10.7. The van der Waals surface area contributed by atoms with Gasteiger partial charge in [0.15, 0.2) is 0 Å². The number of methoxy groups -OCH3 is 2. The van der Waals surface area contributed by atoms with Crippen molar-refractivity contribution < 1.29 is 19.4 Å². The quantitative estimate of drug-likeness (QED) is 0.613. The molecule has 0 radical (unpaired) electrons. The number of carbonyl (C=O) groups is 1. The second-order valence-electron chi connectivity index (χ2n) is 5.03. The molecule has 1 saturated heterocycles. The zero-order valence-electron chi connectivity index (χ0n) is 13.0. The van der Waals surface area contributed by atoms with Crippen LogP contribution in [0.4, 0.5) is 0 Å². The van der Waals surface area contributed by atoms with Crippen LogP contribution < -0.4 is 10.1 Å². The summed E-state index contributed by atoms with van der Waals surface area (Å²) in [4.78, 5) is 14.9. The second kappa shape index (κ2) is 8.12. The summed E-state index contributed by atoms with van der Waals surface area (Å²) in [5.74, 6) is 0.749. The van der Waals surface area contributed by atoms with E-state index in [1.165, 1.54) is 7.11 Å². The topological polar surface area (TPSA) is 80.7 Å². The molecule has 0 bridgehead atoms. The highest BCUT2D eigenvalue weighted by Gasteiger charge is 2.21. The van der Waals surface area contributed by atoms with E-state index in [0.717, 1.165) is 36.0 Å². The summed E-state index contributed by atoms with van der Waals surface area (Å²) in [6.45, 7) is 0.944. The normalized spacial score (nSPS) is 16.6. The van der Waals surface area contributed by atoms with Crippen molar-refractivity contribution in [3.05, 3.63) is 28.9 Å². The summed E-state index contributed by atoms with van der Waals surface area (Å²) in [5, 5.41) is 13.3. The van der Waals surface area contributed by atoms with Crippen molar-refractivity contribution in [3.63, 3.8) is 0 Å². The molecule has 2 aromatic rings. The van der Waals surface area contributed by atoms with Gasteiger partial charge in [0.2, 0.25) is 0 Å². The third-order valence-electron chi connectivity index (χ3n) is 3.50. The minimum absolute atomic E-state index is 0.0324. The van der Waals surface area contributed by atoms with Crippen molar-refractivity contribution in [1.29, 1.82) is 0 Å². The van der Waals surface area contributed by atoms with Crippen molar-refractivity contribution in [2.24, 2.45) is 0 Å². The summed E-state index contributed by atoms with van der Waals surface area (Å²) in [7, 11) is 3.02. The first-order valence-electron chi connectivity index (χ1n) is 7.19. The average Bonchev–Trinajstić information content (AvgIpc) is 3.10. The maximum absolute atomic E-state index is 10.7. The summed E-state index contributed by atoms with van der Waals surface area (Å²) in [5.41, 5.74) is 0.815. The predicted octanol–water partition coefficient (Wildman–Crippen LogP) is 2.62. The number of carbonyl (C=O) groups excluding carboxylic acids is 1. The van der Waals surface area contributed by atoms with E-state index in [0.29, 0.717) is 4.60 Å². The zero-order valence-corrected chi connectivity index (χ0v) is 14.6. The molecule has 0 amide bonds. The fourth-order valence-corrected chi connectivity index (χ4v) is 2.58. The molecular weight excluding hydrogens is 364 g/mol. The molecule has 23 heavy (non-hydrogen) atoms. The Labute approximate surface area is 142 Å². The van der Waals surface area contributed by atoms with E-state index in [9.17, 15) is 9.90 Å². The van der Waals surface area contributed by atoms with Gasteiger partial charge in [-0.1, -0.05) is 0 Å². The number of hydrogen-bond acceptors (Lipinski definition) is 6. The van der Waals surface area contributed by atoms with E-state index in [-0.39, 0.29) is 17.8 Å². The van der Waals surface area contributed by atoms with E-state index in [1.807, 2.05) is 18.2 Å². The lowest BCUT2D eigenvalue weighted by molar-refractivity contribution is -0.142. The molecule has 1 fully saturated rings. The summed E-state index contributed by atoms with van der Waals surface area (Å²) < 4.78 is 10.1. The number of fused-ring (bicyclic) bond motifs is 1. The molecule has 3 rings (SSSR count). The monoisotopic (exact) mass is 382 g/mol. The van der Waals surface area contributed by atoms with Crippen LogP contribution >= 0.6 is 15.9 Å². The minimum atomic E-state index is -0.132. The molecule has 1 aliphatic heterocycles. The Balaban J connectivity index is 0.000000185. The number of esters is 1. The molecule has 0 saturated carbocycles. The Hall–Kier alpha value is -1.86. The number of aromatic nitrogens is 1. The number of nitrogens with zero attached hydrogens (tertiary/aromatic N) is 1. The van der Waals surface area contributed by atoms with Crippen LogP contribution in [0.15, 0.2) is 28.9 Å². The SMILES string of the molecule is COC(=O)C1CCCN1.COc1ccc2nc(Br)c(O)cc2c1. The first kappa shape index (κ1) is 17.5. The van der Waals surface area contributed by atoms with Crippen LogP contribution in [0.5, 0.6) is 11.5 Å². The Kier molecular flexibility index (Phi) is 6.18. The van der Waals surface area contributed by atoms with Crippen LogP contribution in [0, 0.1) is 0 Å². The number of ether oxygens (including phenoxy) is 2. The molecule has 2 N–H and O–H groups in total. The first-order chi connectivity index (χ1) is 11.0. The molecule has 0 spiro atoms. The lowest BCUT2D eigenvalue weighted by Gasteiger charge is -2.04. The molecule has 1 aromatic heterocycles. The van der Waals surface area contributed by atoms with E-state index in [4.69, 9.17) is 4.74 Å². The zero-order chi connectivity index (χ0) is 16.8. The third-order valence-corrected chi connectivity index (χ3v) is 4.09. The van der Waals surface area contributed by atoms with Gasteiger partial charge in [0.1, 0.15) is 22.1 Å². The highest BCUT2D eigenvalue weighted by Crippen LogP contribution is 2.28. The Bertz CT molecular complexity index is 687. The second-order valence-corrected chi connectivity index (χ2v) is 5.78. The molecular formula is C16H19BrN2O4. The van der Waals surface area contributed by atoms with Crippen molar-refractivity contribution in [3.8, 4) is 11.5 Å². The van der Waals surface area contributed by atoms with Gasteiger partial charge >= 0.3 is 5.97 Å². The molecule has 1 aromatic carbocycles. The molecule has 0 aliphatic carbocycles. The summed E-state index contributed by atoms with van der Waals surface area (Å²) in [6, 6.07) is 7.12. The lowest BCUT2D eigenvalue weighted by Crippen LogP contribution is -2.31. The van der Waals surface area contributed by atoms with Crippen molar-refractivity contribution in [1.82, 2.24) is 10.3 Å². The fourth-order valence-electron chi connectivity index (χ4n) is 2.27. The van der Waals surface area contributed by atoms with E-state index in [2.05, 4.69) is 31.0 Å². The maximum Gasteiger partial charge on any atom is 0.322 e. The van der Waals surface area contributed by atoms with Crippen LogP contribution in [-0.2, 0) is 9.53 Å². The van der Waals surface area contributed by atoms with E-state index < -0.39 is 0 Å². The molecule has 1 aliphatic rings. The Morgan fingerprint density at radius 3 is 2.78 bits per heavy atom.